The van der Waals surface area contributed by atoms with Gasteiger partial charge in [0.2, 0.25) is 0 Å². The predicted octanol–water partition coefficient (Wildman–Crippen LogP) is 1.06. The van der Waals surface area contributed by atoms with Gasteiger partial charge in [-0.3, -0.25) is 0 Å². The Hall–Kier alpha value is -2.11. The number of ether oxygens (including phenoxy) is 2. The van der Waals surface area contributed by atoms with Gasteiger partial charge in [0.15, 0.2) is 11.5 Å². The van der Waals surface area contributed by atoms with Crippen molar-refractivity contribution in [2.75, 3.05) is 7.11 Å². The molecule has 1 rings (SSSR count). The third-order valence-electron chi connectivity index (χ3n) is 1.82. The van der Waals surface area contributed by atoms with E-state index in [9.17, 15) is 18.7 Å². The highest BCUT2D eigenvalue weighted by atomic mass is 19.3. The van der Waals surface area contributed by atoms with Crippen LogP contribution in [0.2, 0.25) is 0 Å². The smallest absolute Gasteiger partial charge is 0.387 e. The van der Waals surface area contributed by atoms with Crippen LogP contribution >= 0.6 is 0 Å². The minimum atomic E-state index is -2.95. The monoisotopic (exact) mass is 243 g/mol. The first-order chi connectivity index (χ1) is 8.02. The predicted molar refractivity (Wildman–Crippen MR) is 53.7 cm³/mol. The lowest BCUT2D eigenvalue weighted by atomic mass is 10.2. The maximum absolute atomic E-state index is 12.0. The van der Waals surface area contributed by atoms with E-state index < -0.39 is 12.6 Å². The van der Waals surface area contributed by atoms with Crippen molar-refractivity contribution >= 4 is 12.0 Å². The van der Waals surface area contributed by atoms with Gasteiger partial charge in [-0.25, -0.2) is 0 Å². The molecule has 0 radical (unpaired) electrons. The lowest BCUT2D eigenvalue weighted by Gasteiger charge is -2.10. The van der Waals surface area contributed by atoms with E-state index in [4.69, 9.17) is 4.74 Å². The maximum Gasteiger partial charge on any atom is 0.387 e. The summed E-state index contributed by atoms with van der Waals surface area (Å²) < 4.78 is 33.1. The largest absolute Gasteiger partial charge is 0.545 e. The highest BCUT2D eigenvalue weighted by Gasteiger charge is 2.10. The molecule has 0 atom stereocenters. The Morgan fingerprint density at radius 1 is 1.41 bits per heavy atom. The summed E-state index contributed by atoms with van der Waals surface area (Å²) in [6, 6.07) is 4.05. The number of carbonyl (C=O) groups is 1. The van der Waals surface area contributed by atoms with E-state index in [0.717, 1.165) is 6.08 Å². The van der Waals surface area contributed by atoms with Gasteiger partial charge in [-0.1, -0.05) is 12.1 Å². The average Bonchev–Trinajstić information content (AvgIpc) is 2.26. The Balaban J connectivity index is 2.95. The van der Waals surface area contributed by atoms with Crippen molar-refractivity contribution in [3.63, 3.8) is 0 Å². The van der Waals surface area contributed by atoms with Crippen molar-refractivity contribution in [2.24, 2.45) is 0 Å². The van der Waals surface area contributed by atoms with Gasteiger partial charge < -0.3 is 19.4 Å². The van der Waals surface area contributed by atoms with Crippen LogP contribution in [0.25, 0.3) is 6.08 Å². The van der Waals surface area contributed by atoms with Gasteiger partial charge in [0.05, 0.1) is 13.1 Å². The van der Waals surface area contributed by atoms with Crippen LogP contribution in [0, 0.1) is 0 Å². The average molecular weight is 243 g/mol. The Morgan fingerprint density at radius 3 is 2.65 bits per heavy atom. The van der Waals surface area contributed by atoms with Crippen molar-refractivity contribution in [1.82, 2.24) is 0 Å². The molecule has 0 saturated carbocycles. The summed E-state index contributed by atoms with van der Waals surface area (Å²) >= 11 is 0. The van der Waals surface area contributed by atoms with Gasteiger partial charge >= 0.3 is 6.61 Å². The molecule has 0 unspecified atom stereocenters. The summed E-state index contributed by atoms with van der Waals surface area (Å²) in [7, 11) is 1.29. The Labute approximate surface area is 96.1 Å². The van der Waals surface area contributed by atoms with Gasteiger partial charge in [0.25, 0.3) is 0 Å². The first-order valence-corrected chi connectivity index (χ1v) is 4.55. The number of alkyl halides is 2. The molecule has 4 nitrogen and oxygen atoms in total. The Bertz CT molecular complexity index is 429. The summed E-state index contributed by atoms with van der Waals surface area (Å²) in [6.07, 6.45) is 2.08. The van der Waals surface area contributed by atoms with E-state index in [0.29, 0.717) is 5.56 Å². The van der Waals surface area contributed by atoms with E-state index in [1.165, 1.54) is 31.4 Å². The third kappa shape index (κ3) is 4.10. The summed E-state index contributed by atoms with van der Waals surface area (Å²) in [6.45, 7) is -2.95. The molecule has 0 aliphatic heterocycles. The van der Waals surface area contributed by atoms with E-state index >= 15 is 0 Å². The van der Waals surface area contributed by atoms with Crippen LogP contribution in [0.1, 0.15) is 5.56 Å². The van der Waals surface area contributed by atoms with Crippen molar-refractivity contribution in [3.05, 3.63) is 29.8 Å². The number of hydrogen-bond donors (Lipinski definition) is 0. The summed E-state index contributed by atoms with van der Waals surface area (Å²) in [5.41, 5.74) is 0.465. The van der Waals surface area contributed by atoms with E-state index in [-0.39, 0.29) is 11.5 Å². The fourth-order valence-electron chi connectivity index (χ4n) is 1.15. The maximum atomic E-state index is 12.0. The summed E-state index contributed by atoms with van der Waals surface area (Å²) in [5, 5.41) is 10.2. The molecule has 1 aromatic carbocycles. The normalized spacial score (nSPS) is 10.8. The van der Waals surface area contributed by atoms with Gasteiger partial charge in [0, 0.05) is 0 Å². The van der Waals surface area contributed by atoms with E-state index in [1.807, 2.05) is 0 Å². The summed E-state index contributed by atoms with van der Waals surface area (Å²) in [4.78, 5) is 10.2. The second kappa shape index (κ2) is 5.83. The second-order valence-electron chi connectivity index (χ2n) is 2.94. The van der Waals surface area contributed by atoms with Crippen molar-refractivity contribution < 1.29 is 28.2 Å². The van der Waals surface area contributed by atoms with E-state index in [2.05, 4.69) is 4.74 Å². The van der Waals surface area contributed by atoms with Crippen molar-refractivity contribution in [2.45, 2.75) is 6.61 Å². The molecule has 0 fully saturated rings. The molecule has 0 spiro atoms. The molecule has 0 bridgehead atoms. The Kier molecular flexibility index (Phi) is 4.45. The molecule has 0 N–H and O–H groups in total. The lowest BCUT2D eigenvalue weighted by Crippen LogP contribution is -2.18. The second-order valence-corrected chi connectivity index (χ2v) is 2.94. The number of carbonyl (C=O) groups excluding carboxylic acids is 1. The van der Waals surface area contributed by atoms with Crippen molar-refractivity contribution in [3.8, 4) is 11.5 Å². The molecule has 0 heterocycles. The van der Waals surface area contributed by atoms with Crippen LogP contribution in [-0.4, -0.2) is 19.7 Å². The zero-order valence-corrected chi connectivity index (χ0v) is 8.85. The number of aliphatic carboxylic acids is 1. The fraction of sp³-hybridized carbons (Fsp3) is 0.182. The number of methoxy groups -OCH3 is 1. The number of benzene rings is 1. The molecule has 0 aliphatic rings. The zero-order valence-electron chi connectivity index (χ0n) is 8.85. The van der Waals surface area contributed by atoms with Crippen LogP contribution < -0.4 is 14.6 Å². The minimum Gasteiger partial charge on any atom is -0.545 e. The topological polar surface area (TPSA) is 58.6 Å². The molecule has 0 amide bonds. The molecular formula is C11H9F2O4-. The minimum absolute atomic E-state index is 0.0887. The number of halogens is 2. The van der Waals surface area contributed by atoms with Crippen LogP contribution in [0.15, 0.2) is 24.3 Å². The highest BCUT2D eigenvalue weighted by molar-refractivity contribution is 5.83. The highest BCUT2D eigenvalue weighted by Crippen LogP contribution is 2.29. The number of hydrogen-bond acceptors (Lipinski definition) is 4. The molecule has 0 saturated heterocycles. The molecule has 1 aromatic rings. The SMILES string of the molecule is COc1cc(/C=C/C(=O)[O-])ccc1OC(F)F. The molecule has 92 valence electrons. The Morgan fingerprint density at radius 2 is 2.12 bits per heavy atom. The summed E-state index contributed by atoms with van der Waals surface area (Å²) in [5.74, 6) is -1.38. The van der Waals surface area contributed by atoms with Gasteiger partial charge in [-0.2, -0.15) is 8.78 Å². The molecule has 6 heteroatoms. The number of carboxylic acid groups (broad SMARTS) is 1. The zero-order chi connectivity index (χ0) is 12.8. The van der Waals surface area contributed by atoms with Crippen molar-refractivity contribution in [1.29, 1.82) is 0 Å². The number of carboxylic acids is 1. The van der Waals surface area contributed by atoms with Gasteiger partial charge in [-0.15, -0.1) is 0 Å². The standard InChI is InChI=1S/C11H10F2O4/c1-16-9-6-7(3-5-10(14)15)2-4-8(9)17-11(12)13/h2-6,11H,1H3,(H,14,15)/p-1/b5-3+. The van der Waals surface area contributed by atoms with E-state index in [1.54, 1.807) is 0 Å². The van der Waals surface area contributed by atoms with Crippen LogP contribution in [0.3, 0.4) is 0 Å². The molecule has 0 aliphatic carbocycles. The molecule has 17 heavy (non-hydrogen) atoms. The first-order valence-electron chi connectivity index (χ1n) is 4.55. The van der Waals surface area contributed by atoms with Gasteiger partial charge in [0.1, 0.15) is 0 Å². The number of rotatable bonds is 5. The van der Waals surface area contributed by atoms with Crippen LogP contribution in [0.4, 0.5) is 8.78 Å². The third-order valence-corrected chi connectivity index (χ3v) is 1.82. The van der Waals surface area contributed by atoms with Crippen LogP contribution in [-0.2, 0) is 4.79 Å². The van der Waals surface area contributed by atoms with Crippen LogP contribution in [0.5, 0.6) is 11.5 Å². The first kappa shape index (κ1) is 13.0. The van der Waals surface area contributed by atoms with Gasteiger partial charge in [-0.05, 0) is 23.8 Å². The lowest BCUT2D eigenvalue weighted by molar-refractivity contribution is -0.297. The molecular weight excluding hydrogens is 234 g/mol. The fourth-order valence-corrected chi connectivity index (χ4v) is 1.15. The molecule has 0 aromatic heterocycles. The quantitative estimate of drug-likeness (QED) is 0.725.